The lowest BCUT2D eigenvalue weighted by Crippen LogP contribution is -2.14. The van der Waals surface area contributed by atoms with Crippen molar-refractivity contribution in [1.29, 1.82) is 0 Å². The zero-order chi connectivity index (χ0) is 17.4. The van der Waals surface area contributed by atoms with Gasteiger partial charge in [0.15, 0.2) is 0 Å². The molecule has 4 N–H and O–H groups in total. The summed E-state index contributed by atoms with van der Waals surface area (Å²) in [5.41, 5.74) is 16.1. The van der Waals surface area contributed by atoms with E-state index in [1.54, 1.807) is 0 Å². The Morgan fingerprint density at radius 3 is 1.26 bits per heavy atom. The Hall–Kier alpha value is -2.16. The van der Waals surface area contributed by atoms with Crippen LogP contribution in [0.2, 0.25) is 0 Å². The summed E-state index contributed by atoms with van der Waals surface area (Å²) in [7, 11) is 0. The number of anilines is 2. The van der Waals surface area contributed by atoms with Crippen LogP contribution in [0.25, 0.3) is 0 Å². The molecule has 0 atom stereocenters. The Kier molecular flexibility index (Phi) is 4.34. The molecule has 0 aliphatic heterocycles. The van der Waals surface area contributed by atoms with Gasteiger partial charge in [0.05, 0.1) is 0 Å². The van der Waals surface area contributed by atoms with Crippen LogP contribution in [-0.4, -0.2) is 0 Å². The van der Waals surface area contributed by atoms with Crippen LogP contribution in [0.1, 0.15) is 52.7 Å². The number of hydrogen-bond acceptors (Lipinski definition) is 3. The van der Waals surface area contributed by atoms with E-state index in [9.17, 15) is 0 Å². The van der Waals surface area contributed by atoms with Crippen molar-refractivity contribution in [2.75, 3.05) is 11.5 Å². The minimum Gasteiger partial charge on any atom is -0.457 e. The zero-order valence-corrected chi connectivity index (χ0v) is 15.0. The molecule has 2 rings (SSSR count). The van der Waals surface area contributed by atoms with Crippen LogP contribution >= 0.6 is 0 Å². The molecule has 0 amide bonds. The predicted octanol–water partition coefficient (Wildman–Crippen LogP) is 5.24. The smallest absolute Gasteiger partial charge is 0.129 e. The van der Waals surface area contributed by atoms with Gasteiger partial charge in [-0.25, -0.2) is 0 Å². The third kappa shape index (κ3) is 3.98. The molecule has 0 bridgehead atoms. The van der Waals surface area contributed by atoms with Crippen molar-refractivity contribution in [2.45, 2.75) is 52.4 Å². The number of rotatable bonds is 2. The first-order valence-electron chi connectivity index (χ1n) is 7.96. The molecule has 0 fully saturated rings. The summed E-state index contributed by atoms with van der Waals surface area (Å²) in [4.78, 5) is 0. The number of benzene rings is 2. The third-order valence-electron chi connectivity index (χ3n) is 3.90. The van der Waals surface area contributed by atoms with Crippen molar-refractivity contribution in [2.24, 2.45) is 0 Å². The molecule has 3 heteroatoms. The van der Waals surface area contributed by atoms with Gasteiger partial charge in [0.25, 0.3) is 0 Å². The lowest BCUT2D eigenvalue weighted by molar-refractivity contribution is 0.481. The van der Waals surface area contributed by atoms with Crippen LogP contribution in [0.4, 0.5) is 11.4 Å². The van der Waals surface area contributed by atoms with Crippen molar-refractivity contribution < 1.29 is 4.74 Å². The van der Waals surface area contributed by atoms with Crippen molar-refractivity contribution in [1.82, 2.24) is 0 Å². The first-order chi connectivity index (χ1) is 10.5. The average molecular weight is 312 g/mol. The SMILES string of the molecule is CC(C)(C)c1ccc(Oc2ccc(C(C)(C)C)c(N)c2)cc1N. The lowest BCUT2D eigenvalue weighted by atomic mass is 9.86. The van der Waals surface area contributed by atoms with E-state index in [2.05, 4.69) is 41.5 Å². The Bertz CT molecular complexity index is 645. The molecule has 0 radical (unpaired) electrons. The van der Waals surface area contributed by atoms with Gasteiger partial charge in [-0.1, -0.05) is 53.7 Å². The number of ether oxygens (including phenoxy) is 1. The number of hydrogen-bond donors (Lipinski definition) is 2. The van der Waals surface area contributed by atoms with Crippen LogP contribution in [0.15, 0.2) is 36.4 Å². The highest BCUT2D eigenvalue weighted by Gasteiger charge is 2.18. The first kappa shape index (κ1) is 17.2. The molecule has 124 valence electrons. The van der Waals surface area contributed by atoms with Gasteiger partial charge in [0.1, 0.15) is 11.5 Å². The maximum atomic E-state index is 6.17. The largest absolute Gasteiger partial charge is 0.457 e. The molecule has 23 heavy (non-hydrogen) atoms. The van der Waals surface area contributed by atoms with E-state index < -0.39 is 0 Å². The molecule has 3 nitrogen and oxygen atoms in total. The average Bonchev–Trinajstić information content (AvgIpc) is 2.35. The van der Waals surface area contributed by atoms with Gasteiger partial charge in [-0.3, -0.25) is 0 Å². The fourth-order valence-electron chi connectivity index (χ4n) is 2.71. The molecule has 0 aliphatic rings. The maximum Gasteiger partial charge on any atom is 0.129 e. The number of nitrogens with two attached hydrogens (primary N) is 2. The molecule has 2 aromatic carbocycles. The van der Waals surface area contributed by atoms with E-state index in [-0.39, 0.29) is 10.8 Å². The summed E-state index contributed by atoms with van der Waals surface area (Å²) in [5.74, 6) is 1.44. The molecule has 0 saturated carbocycles. The highest BCUT2D eigenvalue weighted by atomic mass is 16.5. The number of nitrogen functional groups attached to an aromatic ring is 2. The van der Waals surface area contributed by atoms with Crippen LogP contribution in [0.5, 0.6) is 11.5 Å². The van der Waals surface area contributed by atoms with Gasteiger partial charge in [-0.15, -0.1) is 0 Å². The fraction of sp³-hybridized carbons (Fsp3) is 0.400. The molecule has 2 aromatic rings. The summed E-state index contributed by atoms with van der Waals surface area (Å²) in [6.07, 6.45) is 0. The molecule has 0 saturated heterocycles. The molecule has 0 spiro atoms. The molecule has 0 unspecified atom stereocenters. The van der Waals surface area contributed by atoms with Gasteiger partial charge < -0.3 is 16.2 Å². The van der Waals surface area contributed by atoms with E-state index in [1.807, 2.05) is 36.4 Å². The van der Waals surface area contributed by atoms with Gasteiger partial charge in [-0.05, 0) is 34.1 Å². The van der Waals surface area contributed by atoms with E-state index in [1.165, 1.54) is 0 Å². The van der Waals surface area contributed by atoms with Gasteiger partial charge in [0, 0.05) is 23.5 Å². The standard InChI is InChI=1S/C20H28N2O/c1-19(2,3)15-9-7-13(11-17(15)21)23-14-8-10-16(18(22)12-14)20(4,5)6/h7-12H,21-22H2,1-6H3. The second-order valence-corrected chi connectivity index (χ2v) is 8.10. The van der Waals surface area contributed by atoms with Gasteiger partial charge in [-0.2, -0.15) is 0 Å². The summed E-state index contributed by atoms with van der Waals surface area (Å²) in [6.45, 7) is 12.9. The normalized spacial score (nSPS) is 12.3. The Morgan fingerprint density at radius 2 is 1.00 bits per heavy atom. The van der Waals surface area contributed by atoms with Gasteiger partial charge >= 0.3 is 0 Å². The summed E-state index contributed by atoms with van der Waals surface area (Å²) < 4.78 is 5.92. The molecule has 0 aromatic heterocycles. The van der Waals surface area contributed by atoms with Crippen molar-refractivity contribution in [3.05, 3.63) is 47.5 Å². The monoisotopic (exact) mass is 312 g/mol. The lowest BCUT2D eigenvalue weighted by Gasteiger charge is -2.22. The Labute approximate surface area is 139 Å². The van der Waals surface area contributed by atoms with Crippen LogP contribution in [-0.2, 0) is 10.8 Å². The summed E-state index contributed by atoms with van der Waals surface area (Å²) >= 11 is 0. The second-order valence-electron chi connectivity index (χ2n) is 8.10. The van der Waals surface area contributed by atoms with Gasteiger partial charge in [0.2, 0.25) is 0 Å². The molecular formula is C20H28N2O. The third-order valence-corrected chi connectivity index (χ3v) is 3.90. The van der Waals surface area contributed by atoms with Crippen LogP contribution in [0, 0.1) is 0 Å². The Morgan fingerprint density at radius 1 is 0.652 bits per heavy atom. The van der Waals surface area contributed by atoms with Crippen molar-refractivity contribution in [3.8, 4) is 11.5 Å². The molecule has 0 aliphatic carbocycles. The quantitative estimate of drug-likeness (QED) is 0.746. The molecule has 0 heterocycles. The highest BCUT2D eigenvalue weighted by Crippen LogP contribution is 2.34. The van der Waals surface area contributed by atoms with E-state index in [0.29, 0.717) is 0 Å². The van der Waals surface area contributed by atoms with E-state index in [0.717, 1.165) is 34.0 Å². The summed E-state index contributed by atoms with van der Waals surface area (Å²) in [6, 6.07) is 11.7. The summed E-state index contributed by atoms with van der Waals surface area (Å²) in [5, 5.41) is 0. The Balaban J connectivity index is 2.27. The van der Waals surface area contributed by atoms with Crippen molar-refractivity contribution >= 4 is 11.4 Å². The van der Waals surface area contributed by atoms with Crippen LogP contribution < -0.4 is 16.2 Å². The van der Waals surface area contributed by atoms with Crippen LogP contribution in [0.3, 0.4) is 0 Å². The maximum absolute atomic E-state index is 6.17. The first-order valence-corrected chi connectivity index (χ1v) is 7.96. The minimum absolute atomic E-state index is 0.0153. The molecular weight excluding hydrogens is 284 g/mol. The van der Waals surface area contributed by atoms with Crippen molar-refractivity contribution in [3.63, 3.8) is 0 Å². The topological polar surface area (TPSA) is 61.3 Å². The fourth-order valence-corrected chi connectivity index (χ4v) is 2.71. The minimum atomic E-state index is 0.0153. The second kappa shape index (κ2) is 5.80. The van der Waals surface area contributed by atoms with E-state index in [4.69, 9.17) is 16.2 Å². The highest BCUT2D eigenvalue weighted by molar-refractivity contribution is 5.57. The predicted molar refractivity (Wildman–Crippen MR) is 99.2 cm³/mol. The zero-order valence-electron chi connectivity index (χ0n) is 15.0. The van der Waals surface area contributed by atoms with E-state index >= 15 is 0 Å².